The Morgan fingerprint density at radius 1 is 1.18 bits per heavy atom. The van der Waals surface area contributed by atoms with Gasteiger partial charge in [-0.3, -0.25) is 19.5 Å². The lowest BCUT2D eigenvalue weighted by Crippen LogP contribution is -2.49. The molecule has 34 heavy (non-hydrogen) atoms. The van der Waals surface area contributed by atoms with Gasteiger partial charge in [-0.05, 0) is 54.9 Å². The number of thioether (sulfide) groups is 1. The number of carbonyl (C=O) groups is 2. The van der Waals surface area contributed by atoms with Crippen molar-refractivity contribution in [2.45, 2.75) is 41.0 Å². The van der Waals surface area contributed by atoms with Gasteiger partial charge in [-0.25, -0.2) is 8.78 Å². The van der Waals surface area contributed by atoms with E-state index in [1.165, 1.54) is 0 Å². The first kappa shape index (κ1) is 26.2. The van der Waals surface area contributed by atoms with E-state index in [0.29, 0.717) is 31.0 Å². The highest BCUT2D eigenvalue weighted by Crippen LogP contribution is 2.38. The molecule has 1 N–H and O–H groups in total. The lowest BCUT2D eigenvalue weighted by atomic mass is 10.0. The molecule has 184 valence electrons. The summed E-state index contributed by atoms with van der Waals surface area (Å²) in [7, 11) is 0. The third-order valence-electron chi connectivity index (χ3n) is 4.89. The number of hydrogen-bond acceptors (Lipinski definition) is 5. The van der Waals surface area contributed by atoms with Crippen LogP contribution >= 0.6 is 23.4 Å². The summed E-state index contributed by atoms with van der Waals surface area (Å²) in [4.78, 5) is 30.3. The second-order valence-corrected chi connectivity index (χ2v) is 8.81. The third kappa shape index (κ3) is 7.03. The van der Waals surface area contributed by atoms with Crippen LogP contribution < -0.4 is 10.2 Å². The highest BCUT2D eigenvalue weighted by atomic mass is 35.5. The number of alkyl halides is 5. The SMILES string of the molecule is O=C(NC1CCOCC1)[C@@H](c1cncc(F)c1)N(C(=O)[C@H](F)Cl)c1ccc(SC(F)(F)F)cc1. The molecule has 1 saturated heterocycles. The predicted octanol–water partition coefficient (Wildman–Crippen LogP) is 4.74. The van der Waals surface area contributed by atoms with E-state index in [9.17, 15) is 31.5 Å². The van der Waals surface area contributed by atoms with Crippen LogP contribution in [0.4, 0.5) is 27.6 Å². The van der Waals surface area contributed by atoms with Crippen molar-refractivity contribution >= 4 is 40.9 Å². The number of halogens is 6. The maximum atomic E-state index is 14.0. The minimum Gasteiger partial charge on any atom is -0.381 e. The zero-order valence-corrected chi connectivity index (χ0v) is 19.0. The first-order valence-corrected chi connectivity index (χ1v) is 11.3. The van der Waals surface area contributed by atoms with Gasteiger partial charge in [0.2, 0.25) is 5.91 Å². The molecule has 2 atom stereocenters. The van der Waals surface area contributed by atoms with Gasteiger partial charge in [-0.1, -0.05) is 11.6 Å². The van der Waals surface area contributed by atoms with Crippen LogP contribution in [0.15, 0.2) is 47.6 Å². The molecule has 0 aliphatic carbocycles. The standard InChI is InChI=1S/C21H19ClF5N3O3S/c22-18(24)20(32)30(15-1-3-16(4-2-15)34-21(25,26)27)17(12-9-13(23)11-28-10-12)19(31)29-14-5-7-33-8-6-14/h1-4,9-11,14,17-18H,5-8H2,(H,29,31)/t17-,18+/m1/s1. The Labute approximate surface area is 200 Å². The number of anilines is 1. The minimum absolute atomic E-state index is 0.0797. The van der Waals surface area contributed by atoms with Crippen molar-refractivity contribution < 1.29 is 36.3 Å². The van der Waals surface area contributed by atoms with Gasteiger partial charge in [0.05, 0.1) is 6.20 Å². The Morgan fingerprint density at radius 3 is 2.38 bits per heavy atom. The number of carbonyl (C=O) groups excluding carboxylic acids is 2. The van der Waals surface area contributed by atoms with Crippen LogP contribution in [0, 0.1) is 5.82 Å². The quantitative estimate of drug-likeness (QED) is 0.322. The number of pyridine rings is 1. The van der Waals surface area contributed by atoms with E-state index in [1.54, 1.807) is 0 Å². The van der Waals surface area contributed by atoms with Gasteiger partial charge in [-0.15, -0.1) is 0 Å². The van der Waals surface area contributed by atoms with Crippen LogP contribution in [0.2, 0.25) is 0 Å². The number of amides is 2. The normalized spacial score (nSPS) is 16.5. The van der Waals surface area contributed by atoms with E-state index < -0.39 is 34.8 Å². The zero-order chi connectivity index (χ0) is 24.9. The summed E-state index contributed by atoms with van der Waals surface area (Å²) >= 11 is 5.02. The van der Waals surface area contributed by atoms with Crippen LogP contribution in [-0.2, 0) is 14.3 Å². The van der Waals surface area contributed by atoms with E-state index >= 15 is 0 Å². The molecular weight excluding hydrogens is 505 g/mol. The summed E-state index contributed by atoms with van der Waals surface area (Å²) in [5.74, 6) is -2.93. The van der Waals surface area contributed by atoms with Crippen LogP contribution in [0.1, 0.15) is 24.4 Å². The van der Waals surface area contributed by atoms with Crippen LogP contribution in [0.3, 0.4) is 0 Å². The Balaban J connectivity index is 2.02. The number of hydrogen-bond donors (Lipinski definition) is 1. The molecule has 0 saturated carbocycles. The topological polar surface area (TPSA) is 71.5 Å². The average molecular weight is 524 g/mol. The molecule has 1 aromatic carbocycles. The lowest BCUT2D eigenvalue weighted by Gasteiger charge is -2.33. The van der Waals surface area contributed by atoms with E-state index in [-0.39, 0.29) is 34.0 Å². The van der Waals surface area contributed by atoms with E-state index in [2.05, 4.69) is 10.3 Å². The predicted molar refractivity (Wildman–Crippen MR) is 116 cm³/mol. The van der Waals surface area contributed by atoms with Gasteiger partial charge in [0.1, 0.15) is 11.9 Å². The van der Waals surface area contributed by atoms with Gasteiger partial charge in [0.15, 0.2) is 0 Å². The smallest absolute Gasteiger partial charge is 0.381 e. The van der Waals surface area contributed by atoms with E-state index in [0.717, 1.165) is 42.7 Å². The van der Waals surface area contributed by atoms with Crippen molar-refractivity contribution in [2.24, 2.45) is 0 Å². The second kappa shape index (κ2) is 11.3. The fourth-order valence-electron chi connectivity index (χ4n) is 3.43. The van der Waals surface area contributed by atoms with Crippen LogP contribution in [0.25, 0.3) is 0 Å². The second-order valence-electron chi connectivity index (χ2n) is 7.28. The third-order valence-corrected chi connectivity index (χ3v) is 5.81. The molecule has 6 nitrogen and oxygen atoms in total. The average Bonchev–Trinajstić information content (AvgIpc) is 2.77. The Kier molecular flexibility index (Phi) is 8.72. The molecule has 0 bridgehead atoms. The highest BCUT2D eigenvalue weighted by molar-refractivity contribution is 8.00. The lowest BCUT2D eigenvalue weighted by molar-refractivity contribution is -0.128. The summed E-state index contributed by atoms with van der Waals surface area (Å²) in [6.45, 7) is 0.790. The van der Waals surface area contributed by atoms with Crippen molar-refractivity contribution in [3.63, 3.8) is 0 Å². The number of nitrogens with zero attached hydrogens (tertiary/aromatic N) is 2. The number of rotatable bonds is 7. The van der Waals surface area contributed by atoms with Crippen molar-refractivity contribution in [2.75, 3.05) is 18.1 Å². The monoisotopic (exact) mass is 523 g/mol. The zero-order valence-electron chi connectivity index (χ0n) is 17.4. The summed E-state index contributed by atoms with van der Waals surface area (Å²) in [5.41, 5.74) is -7.32. The van der Waals surface area contributed by atoms with Crippen molar-refractivity contribution in [3.8, 4) is 0 Å². The number of benzene rings is 1. The van der Waals surface area contributed by atoms with E-state index in [1.807, 2.05) is 0 Å². The fraction of sp³-hybridized carbons (Fsp3) is 0.381. The van der Waals surface area contributed by atoms with Gasteiger partial charge >= 0.3 is 5.51 Å². The van der Waals surface area contributed by atoms with Gasteiger partial charge < -0.3 is 10.1 Å². The molecule has 2 aromatic rings. The molecule has 2 heterocycles. The largest absolute Gasteiger partial charge is 0.446 e. The molecule has 0 unspecified atom stereocenters. The minimum atomic E-state index is -4.55. The highest BCUT2D eigenvalue weighted by Gasteiger charge is 2.37. The molecule has 1 aliphatic heterocycles. The maximum absolute atomic E-state index is 14.0. The van der Waals surface area contributed by atoms with Crippen LogP contribution in [-0.4, -0.2) is 47.2 Å². The summed E-state index contributed by atoms with van der Waals surface area (Å²) < 4.78 is 71.2. The van der Waals surface area contributed by atoms with Gasteiger partial charge in [0, 0.05) is 41.6 Å². The number of ether oxygens (including phenoxy) is 1. The Morgan fingerprint density at radius 2 is 1.82 bits per heavy atom. The number of nitrogens with one attached hydrogen (secondary N) is 1. The molecule has 1 aromatic heterocycles. The Bertz CT molecular complexity index is 1000. The fourth-order valence-corrected chi connectivity index (χ4v) is 4.08. The summed E-state index contributed by atoms with van der Waals surface area (Å²) in [6.07, 6.45) is 2.98. The molecule has 2 amide bonds. The molecule has 0 radical (unpaired) electrons. The van der Waals surface area contributed by atoms with Crippen LogP contribution in [0.5, 0.6) is 0 Å². The van der Waals surface area contributed by atoms with Gasteiger partial charge in [0.25, 0.3) is 11.5 Å². The van der Waals surface area contributed by atoms with Crippen molar-refractivity contribution in [3.05, 3.63) is 54.1 Å². The first-order chi connectivity index (χ1) is 16.0. The van der Waals surface area contributed by atoms with E-state index in [4.69, 9.17) is 16.3 Å². The Hall–Kier alpha value is -2.44. The summed E-state index contributed by atoms with van der Waals surface area (Å²) in [5, 5.41) is 2.74. The molecule has 3 rings (SSSR count). The van der Waals surface area contributed by atoms with Gasteiger partial charge in [-0.2, -0.15) is 13.2 Å². The molecule has 1 fully saturated rings. The summed E-state index contributed by atoms with van der Waals surface area (Å²) in [6, 6.07) is 3.40. The molecular formula is C21H19ClF5N3O3S. The number of aromatic nitrogens is 1. The maximum Gasteiger partial charge on any atom is 0.446 e. The molecule has 0 spiro atoms. The molecule has 13 heteroatoms. The van der Waals surface area contributed by atoms with Crippen molar-refractivity contribution in [1.82, 2.24) is 10.3 Å². The first-order valence-electron chi connectivity index (χ1n) is 10.0. The molecule has 1 aliphatic rings. The van der Waals surface area contributed by atoms with Crippen molar-refractivity contribution in [1.29, 1.82) is 0 Å².